The van der Waals surface area contributed by atoms with Crippen molar-refractivity contribution in [1.29, 1.82) is 0 Å². The molecule has 2 aromatic carbocycles. The van der Waals surface area contributed by atoms with Crippen LogP contribution in [0.5, 0.6) is 11.5 Å². The predicted octanol–water partition coefficient (Wildman–Crippen LogP) is 4.03. The third-order valence-corrected chi connectivity index (χ3v) is 2.99. The Morgan fingerprint density at radius 2 is 1.71 bits per heavy atom. The second kappa shape index (κ2) is 4.68. The van der Waals surface area contributed by atoms with Gasteiger partial charge in [-0.25, -0.2) is 0 Å². The zero-order valence-electron chi connectivity index (χ0n) is 9.70. The quantitative estimate of drug-likeness (QED) is 0.870. The fourth-order valence-corrected chi connectivity index (χ4v) is 1.87. The molecule has 2 nitrogen and oxygen atoms in total. The molecule has 2 rings (SSSR count). The minimum atomic E-state index is 0.0950. The molecular weight excluding hydrogens is 236 g/mol. The second-order valence-electron chi connectivity index (χ2n) is 3.85. The maximum Gasteiger partial charge on any atom is 0.134 e. The van der Waals surface area contributed by atoms with Crippen molar-refractivity contribution in [2.45, 2.75) is 6.92 Å². The zero-order valence-corrected chi connectivity index (χ0v) is 10.5. The normalized spacial score (nSPS) is 10.3. The van der Waals surface area contributed by atoms with E-state index in [1.54, 1.807) is 19.2 Å². The molecule has 2 aromatic rings. The SMILES string of the molecule is COc1ccc(-c2ccc(Cl)c(O)c2)cc1C. The summed E-state index contributed by atoms with van der Waals surface area (Å²) in [5.74, 6) is 0.949. The number of ether oxygens (including phenoxy) is 1. The first-order valence-corrected chi connectivity index (χ1v) is 5.63. The van der Waals surface area contributed by atoms with E-state index in [4.69, 9.17) is 16.3 Å². The minimum Gasteiger partial charge on any atom is -0.506 e. The molecule has 17 heavy (non-hydrogen) atoms. The maximum atomic E-state index is 9.57. The minimum absolute atomic E-state index is 0.0950. The van der Waals surface area contributed by atoms with Crippen LogP contribution in [0.3, 0.4) is 0 Å². The van der Waals surface area contributed by atoms with E-state index in [0.717, 1.165) is 22.4 Å². The van der Waals surface area contributed by atoms with E-state index in [1.807, 2.05) is 31.2 Å². The summed E-state index contributed by atoms with van der Waals surface area (Å²) in [6, 6.07) is 11.1. The molecular formula is C14H13ClO2. The fraction of sp³-hybridized carbons (Fsp3) is 0.143. The Hall–Kier alpha value is -1.67. The summed E-state index contributed by atoms with van der Waals surface area (Å²) in [5, 5.41) is 9.94. The smallest absolute Gasteiger partial charge is 0.134 e. The van der Waals surface area contributed by atoms with Crippen LogP contribution < -0.4 is 4.74 Å². The molecule has 3 heteroatoms. The van der Waals surface area contributed by atoms with Gasteiger partial charge in [-0.05, 0) is 47.9 Å². The van der Waals surface area contributed by atoms with Gasteiger partial charge in [0.15, 0.2) is 0 Å². The van der Waals surface area contributed by atoms with Gasteiger partial charge in [-0.15, -0.1) is 0 Å². The van der Waals surface area contributed by atoms with Gasteiger partial charge in [0.25, 0.3) is 0 Å². The third kappa shape index (κ3) is 2.37. The molecule has 0 heterocycles. The van der Waals surface area contributed by atoms with Crippen LogP contribution in [0.15, 0.2) is 36.4 Å². The maximum absolute atomic E-state index is 9.57. The number of methoxy groups -OCH3 is 1. The molecule has 1 N–H and O–H groups in total. The van der Waals surface area contributed by atoms with Crippen LogP contribution in [0, 0.1) is 6.92 Å². The number of hydrogen-bond acceptors (Lipinski definition) is 2. The van der Waals surface area contributed by atoms with Crippen LogP contribution in [-0.4, -0.2) is 12.2 Å². The molecule has 0 atom stereocenters. The van der Waals surface area contributed by atoms with Gasteiger partial charge < -0.3 is 9.84 Å². The van der Waals surface area contributed by atoms with Crippen LogP contribution in [0.2, 0.25) is 5.02 Å². The highest BCUT2D eigenvalue weighted by molar-refractivity contribution is 6.32. The highest BCUT2D eigenvalue weighted by Crippen LogP contribution is 2.31. The van der Waals surface area contributed by atoms with Gasteiger partial charge in [0, 0.05) is 0 Å². The largest absolute Gasteiger partial charge is 0.506 e. The van der Waals surface area contributed by atoms with E-state index in [1.165, 1.54) is 0 Å². The first-order valence-electron chi connectivity index (χ1n) is 5.25. The van der Waals surface area contributed by atoms with Gasteiger partial charge in [-0.2, -0.15) is 0 Å². The molecule has 0 spiro atoms. The summed E-state index contributed by atoms with van der Waals surface area (Å²) in [4.78, 5) is 0. The molecule has 0 bridgehead atoms. The fourth-order valence-electron chi connectivity index (χ4n) is 1.75. The average Bonchev–Trinajstić information content (AvgIpc) is 2.32. The van der Waals surface area contributed by atoms with E-state index in [2.05, 4.69) is 0 Å². The zero-order chi connectivity index (χ0) is 12.4. The number of benzene rings is 2. The van der Waals surface area contributed by atoms with Gasteiger partial charge in [0.05, 0.1) is 12.1 Å². The van der Waals surface area contributed by atoms with Crippen molar-refractivity contribution in [3.05, 3.63) is 47.0 Å². The molecule has 0 aliphatic rings. The Labute approximate surface area is 105 Å². The van der Waals surface area contributed by atoms with Gasteiger partial charge in [-0.1, -0.05) is 23.7 Å². The Morgan fingerprint density at radius 1 is 1.06 bits per heavy atom. The lowest BCUT2D eigenvalue weighted by atomic mass is 10.0. The number of hydrogen-bond donors (Lipinski definition) is 1. The Morgan fingerprint density at radius 3 is 2.29 bits per heavy atom. The summed E-state index contributed by atoms with van der Waals surface area (Å²) in [7, 11) is 1.65. The van der Waals surface area contributed by atoms with Crippen molar-refractivity contribution in [2.75, 3.05) is 7.11 Å². The Bertz CT molecular complexity index is 550. The molecule has 0 aliphatic carbocycles. The summed E-state index contributed by atoms with van der Waals surface area (Å²) in [6.07, 6.45) is 0. The molecule has 0 aliphatic heterocycles. The van der Waals surface area contributed by atoms with Gasteiger partial charge in [-0.3, -0.25) is 0 Å². The monoisotopic (exact) mass is 248 g/mol. The van der Waals surface area contributed by atoms with E-state index in [-0.39, 0.29) is 5.75 Å². The lowest BCUT2D eigenvalue weighted by molar-refractivity contribution is 0.412. The number of aromatic hydroxyl groups is 1. The topological polar surface area (TPSA) is 29.5 Å². The first-order chi connectivity index (χ1) is 8.11. The standard InChI is InChI=1S/C14H13ClO2/c1-9-7-10(4-6-14(9)17-2)11-3-5-12(15)13(16)8-11/h3-8,16H,1-2H3. The first kappa shape index (κ1) is 11.8. The lowest BCUT2D eigenvalue weighted by Gasteiger charge is -2.08. The molecule has 88 valence electrons. The molecule has 0 radical (unpaired) electrons. The number of phenolic OH excluding ortho intramolecular Hbond substituents is 1. The van der Waals surface area contributed by atoms with Gasteiger partial charge >= 0.3 is 0 Å². The molecule has 0 unspecified atom stereocenters. The number of aryl methyl sites for hydroxylation is 1. The molecule has 0 saturated carbocycles. The Balaban J connectivity index is 2.46. The summed E-state index contributed by atoms with van der Waals surface area (Å²) in [5.41, 5.74) is 3.01. The van der Waals surface area contributed by atoms with Gasteiger partial charge in [0.2, 0.25) is 0 Å². The van der Waals surface area contributed by atoms with E-state index < -0.39 is 0 Å². The van der Waals surface area contributed by atoms with E-state index >= 15 is 0 Å². The second-order valence-corrected chi connectivity index (χ2v) is 4.26. The summed E-state index contributed by atoms with van der Waals surface area (Å²) < 4.78 is 5.21. The Kier molecular flexibility index (Phi) is 3.25. The van der Waals surface area contributed by atoms with Crippen LogP contribution in [0.25, 0.3) is 11.1 Å². The number of rotatable bonds is 2. The van der Waals surface area contributed by atoms with Crippen molar-refractivity contribution < 1.29 is 9.84 Å². The van der Waals surface area contributed by atoms with Crippen LogP contribution in [0.1, 0.15) is 5.56 Å². The molecule has 0 amide bonds. The predicted molar refractivity (Wildman–Crippen MR) is 69.8 cm³/mol. The average molecular weight is 249 g/mol. The van der Waals surface area contributed by atoms with Crippen molar-refractivity contribution in [1.82, 2.24) is 0 Å². The lowest BCUT2D eigenvalue weighted by Crippen LogP contribution is -1.87. The van der Waals surface area contributed by atoms with Crippen molar-refractivity contribution in [2.24, 2.45) is 0 Å². The van der Waals surface area contributed by atoms with Crippen molar-refractivity contribution in [3.63, 3.8) is 0 Å². The van der Waals surface area contributed by atoms with Gasteiger partial charge in [0.1, 0.15) is 11.5 Å². The van der Waals surface area contributed by atoms with E-state index in [9.17, 15) is 5.11 Å². The molecule has 0 fully saturated rings. The highest BCUT2D eigenvalue weighted by Gasteiger charge is 2.05. The van der Waals surface area contributed by atoms with Crippen LogP contribution >= 0.6 is 11.6 Å². The highest BCUT2D eigenvalue weighted by atomic mass is 35.5. The third-order valence-electron chi connectivity index (χ3n) is 2.67. The number of halogens is 1. The summed E-state index contributed by atoms with van der Waals surface area (Å²) in [6.45, 7) is 1.98. The van der Waals surface area contributed by atoms with Crippen LogP contribution in [0.4, 0.5) is 0 Å². The van der Waals surface area contributed by atoms with E-state index in [0.29, 0.717) is 5.02 Å². The van der Waals surface area contributed by atoms with Crippen molar-refractivity contribution >= 4 is 11.6 Å². The molecule has 0 aromatic heterocycles. The number of phenols is 1. The summed E-state index contributed by atoms with van der Waals surface area (Å²) >= 11 is 5.78. The van der Waals surface area contributed by atoms with Crippen LogP contribution in [-0.2, 0) is 0 Å². The van der Waals surface area contributed by atoms with Crippen molar-refractivity contribution in [3.8, 4) is 22.6 Å². The molecule has 0 saturated heterocycles.